The van der Waals surface area contributed by atoms with E-state index in [0.717, 1.165) is 0 Å². The lowest BCUT2D eigenvalue weighted by molar-refractivity contribution is 0.304. The van der Waals surface area contributed by atoms with Gasteiger partial charge in [0.25, 0.3) is 0 Å². The average molecular weight is 227 g/mol. The minimum absolute atomic E-state index is 0.0382. The Morgan fingerprint density at radius 1 is 1.56 bits per heavy atom. The van der Waals surface area contributed by atoms with Crippen molar-refractivity contribution in [3.63, 3.8) is 0 Å². The van der Waals surface area contributed by atoms with Crippen LogP contribution in [0.5, 0.6) is 0 Å². The summed E-state index contributed by atoms with van der Waals surface area (Å²) in [6, 6.07) is 3.97. The first kappa shape index (κ1) is 12.3. The molecule has 5 nitrogen and oxygen atoms in total. The van der Waals surface area contributed by atoms with Gasteiger partial charge in [-0.25, -0.2) is 4.39 Å². The Bertz CT molecular complexity index is 396. The lowest BCUT2D eigenvalue weighted by atomic mass is 10.1. The molecular weight excluding hydrogens is 213 g/mol. The number of benzene rings is 1. The minimum atomic E-state index is -0.470. The molecule has 0 amide bonds. The van der Waals surface area contributed by atoms with E-state index in [1.807, 2.05) is 0 Å². The maximum absolute atomic E-state index is 13.0. The molecule has 0 spiro atoms. The Balaban J connectivity index is 3.17. The molecule has 0 heterocycles. The molecule has 0 saturated carbocycles. The second-order valence-electron chi connectivity index (χ2n) is 3.29. The van der Waals surface area contributed by atoms with Gasteiger partial charge in [-0.15, -0.1) is 0 Å². The summed E-state index contributed by atoms with van der Waals surface area (Å²) in [6.45, 7) is 0.334. The van der Waals surface area contributed by atoms with E-state index in [9.17, 15) is 4.39 Å². The number of amidine groups is 1. The standard InChI is InChI=1S/C10H14FN3O2/c1-14(4-5-15)9-3-2-7(11)6-8(9)10(12)13-16/h2-3,6,15-16H,4-5H2,1H3,(H2,12,13). The van der Waals surface area contributed by atoms with Gasteiger partial charge in [-0.1, -0.05) is 5.16 Å². The van der Waals surface area contributed by atoms with Gasteiger partial charge in [-0.3, -0.25) is 0 Å². The Morgan fingerprint density at radius 3 is 2.81 bits per heavy atom. The number of nitrogens with zero attached hydrogens (tertiary/aromatic N) is 2. The first-order chi connectivity index (χ1) is 7.60. The quantitative estimate of drug-likeness (QED) is 0.300. The van der Waals surface area contributed by atoms with Crippen molar-refractivity contribution in [2.45, 2.75) is 0 Å². The Hall–Kier alpha value is -1.82. The van der Waals surface area contributed by atoms with Gasteiger partial charge < -0.3 is 20.9 Å². The summed E-state index contributed by atoms with van der Waals surface area (Å²) in [5, 5.41) is 20.2. The number of nitrogens with two attached hydrogens (primary N) is 1. The van der Waals surface area contributed by atoms with Gasteiger partial charge in [0.1, 0.15) is 5.82 Å². The van der Waals surface area contributed by atoms with Crippen molar-refractivity contribution in [1.82, 2.24) is 0 Å². The number of oxime groups is 1. The van der Waals surface area contributed by atoms with Crippen molar-refractivity contribution in [2.24, 2.45) is 10.9 Å². The summed E-state index contributed by atoms with van der Waals surface area (Å²) in [4.78, 5) is 1.69. The van der Waals surface area contributed by atoms with E-state index in [2.05, 4.69) is 5.16 Å². The van der Waals surface area contributed by atoms with E-state index in [-0.39, 0.29) is 12.4 Å². The predicted octanol–water partition coefficient (Wildman–Crippen LogP) is 0.349. The van der Waals surface area contributed by atoms with Gasteiger partial charge in [-0.05, 0) is 18.2 Å². The molecule has 0 fully saturated rings. The van der Waals surface area contributed by atoms with Crippen LogP contribution in [0.3, 0.4) is 0 Å². The van der Waals surface area contributed by atoms with Crippen LogP contribution in [-0.4, -0.2) is 36.3 Å². The van der Waals surface area contributed by atoms with E-state index in [0.29, 0.717) is 17.8 Å². The largest absolute Gasteiger partial charge is 0.409 e. The molecular formula is C10H14FN3O2. The monoisotopic (exact) mass is 227 g/mol. The molecule has 0 unspecified atom stereocenters. The number of hydrogen-bond acceptors (Lipinski definition) is 4. The van der Waals surface area contributed by atoms with Crippen molar-refractivity contribution in [3.05, 3.63) is 29.6 Å². The van der Waals surface area contributed by atoms with Crippen LogP contribution >= 0.6 is 0 Å². The van der Waals surface area contributed by atoms with Gasteiger partial charge in [0.15, 0.2) is 5.84 Å². The van der Waals surface area contributed by atoms with E-state index in [4.69, 9.17) is 16.0 Å². The number of aliphatic hydroxyl groups excluding tert-OH is 1. The van der Waals surface area contributed by atoms with E-state index >= 15 is 0 Å². The zero-order valence-corrected chi connectivity index (χ0v) is 8.89. The van der Waals surface area contributed by atoms with E-state index < -0.39 is 5.82 Å². The summed E-state index contributed by atoms with van der Waals surface area (Å²) < 4.78 is 13.0. The van der Waals surface area contributed by atoms with Gasteiger partial charge >= 0.3 is 0 Å². The van der Waals surface area contributed by atoms with Gasteiger partial charge in [0.2, 0.25) is 0 Å². The highest BCUT2D eigenvalue weighted by molar-refractivity contribution is 6.02. The van der Waals surface area contributed by atoms with Crippen LogP contribution in [0.4, 0.5) is 10.1 Å². The molecule has 0 aliphatic heterocycles. The SMILES string of the molecule is CN(CCO)c1ccc(F)cc1C(N)=NO. The highest BCUT2D eigenvalue weighted by Crippen LogP contribution is 2.20. The molecule has 88 valence electrons. The molecule has 0 aromatic heterocycles. The molecule has 16 heavy (non-hydrogen) atoms. The van der Waals surface area contributed by atoms with E-state index in [1.165, 1.54) is 18.2 Å². The topological polar surface area (TPSA) is 82.1 Å². The summed E-state index contributed by atoms with van der Waals surface area (Å²) in [7, 11) is 1.72. The van der Waals surface area contributed by atoms with Gasteiger partial charge in [-0.2, -0.15) is 0 Å². The van der Waals surface area contributed by atoms with Crippen molar-refractivity contribution in [3.8, 4) is 0 Å². The van der Waals surface area contributed by atoms with Crippen molar-refractivity contribution < 1.29 is 14.7 Å². The molecule has 0 radical (unpaired) electrons. The number of hydrogen-bond donors (Lipinski definition) is 3. The zero-order valence-electron chi connectivity index (χ0n) is 8.89. The fourth-order valence-corrected chi connectivity index (χ4v) is 1.37. The van der Waals surface area contributed by atoms with Crippen LogP contribution in [0, 0.1) is 5.82 Å². The molecule has 0 atom stereocenters. The predicted molar refractivity (Wildman–Crippen MR) is 59.3 cm³/mol. The number of halogens is 1. The van der Waals surface area contributed by atoms with Crippen LogP contribution < -0.4 is 10.6 Å². The molecule has 1 rings (SSSR count). The highest BCUT2D eigenvalue weighted by atomic mass is 19.1. The van der Waals surface area contributed by atoms with Gasteiger partial charge in [0, 0.05) is 24.8 Å². The third-order valence-electron chi connectivity index (χ3n) is 2.19. The smallest absolute Gasteiger partial charge is 0.172 e. The molecule has 0 aliphatic carbocycles. The number of likely N-dealkylation sites (N-methyl/N-ethyl adjacent to an activating group) is 1. The van der Waals surface area contributed by atoms with Crippen LogP contribution in [-0.2, 0) is 0 Å². The first-order valence-corrected chi connectivity index (χ1v) is 4.69. The Labute approximate surface area is 92.6 Å². The average Bonchev–Trinajstić information content (AvgIpc) is 2.28. The maximum Gasteiger partial charge on any atom is 0.172 e. The molecule has 0 aliphatic rings. The molecule has 4 N–H and O–H groups in total. The zero-order chi connectivity index (χ0) is 12.1. The maximum atomic E-state index is 13.0. The summed E-state index contributed by atoms with van der Waals surface area (Å²) in [6.07, 6.45) is 0. The highest BCUT2D eigenvalue weighted by Gasteiger charge is 2.11. The number of aliphatic hydroxyl groups is 1. The summed E-state index contributed by atoms with van der Waals surface area (Å²) in [5.41, 5.74) is 6.32. The van der Waals surface area contributed by atoms with E-state index in [1.54, 1.807) is 11.9 Å². The first-order valence-electron chi connectivity index (χ1n) is 4.69. The minimum Gasteiger partial charge on any atom is -0.409 e. The fraction of sp³-hybridized carbons (Fsp3) is 0.300. The molecule has 0 bridgehead atoms. The Kier molecular flexibility index (Phi) is 4.07. The lowest BCUT2D eigenvalue weighted by Gasteiger charge is -2.20. The third kappa shape index (κ3) is 2.60. The molecule has 1 aromatic rings. The second-order valence-corrected chi connectivity index (χ2v) is 3.29. The van der Waals surface area contributed by atoms with Crippen molar-refractivity contribution >= 4 is 11.5 Å². The number of anilines is 1. The lowest BCUT2D eigenvalue weighted by Crippen LogP contribution is -2.25. The molecule has 0 saturated heterocycles. The normalized spacial score (nSPS) is 11.6. The van der Waals surface area contributed by atoms with Crippen LogP contribution in [0.2, 0.25) is 0 Å². The van der Waals surface area contributed by atoms with Crippen molar-refractivity contribution in [2.75, 3.05) is 25.1 Å². The van der Waals surface area contributed by atoms with Crippen LogP contribution in [0.1, 0.15) is 5.56 Å². The fourth-order valence-electron chi connectivity index (χ4n) is 1.37. The summed E-state index contributed by atoms with van der Waals surface area (Å²) >= 11 is 0. The molecule has 1 aromatic carbocycles. The second kappa shape index (κ2) is 5.32. The summed E-state index contributed by atoms with van der Waals surface area (Å²) in [5.74, 6) is -0.637. The van der Waals surface area contributed by atoms with Crippen molar-refractivity contribution in [1.29, 1.82) is 0 Å². The van der Waals surface area contributed by atoms with Crippen LogP contribution in [0.15, 0.2) is 23.4 Å². The van der Waals surface area contributed by atoms with Crippen LogP contribution in [0.25, 0.3) is 0 Å². The Morgan fingerprint density at radius 2 is 2.25 bits per heavy atom. The van der Waals surface area contributed by atoms with Gasteiger partial charge in [0.05, 0.1) is 6.61 Å². The third-order valence-corrected chi connectivity index (χ3v) is 2.19. The number of rotatable bonds is 4. The molecule has 6 heteroatoms.